The molecule has 76 valence electrons. The molecule has 0 N–H and O–H groups in total. The summed E-state index contributed by atoms with van der Waals surface area (Å²) in [6.45, 7) is 7.29. The van der Waals surface area contributed by atoms with Crippen molar-refractivity contribution in [2.45, 2.75) is 32.4 Å². The standard InChI is InChI=1S/C11H22N2/c1-8(2)13-6-9-5-10(7-13)11(9)12(3)4/h8-11H,5-7H2,1-4H3. The van der Waals surface area contributed by atoms with Crippen LogP contribution >= 0.6 is 0 Å². The predicted molar refractivity (Wildman–Crippen MR) is 55.8 cm³/mol. The van der Waals surface area contributed by atoms with Crippen molar-refractivity contribution in [1.82, 2.24) is 9.80 Å². The first-order valence-corrected chi connectivity index (χ1v) is 5.50. The number of hydrogen-bond acceptors (Lipinski definition) is 2. The quantitative estimate of drug-likeness (QED) is 0.635. The highest BCUT2D eigenvalue weighted by molar-refractivity contribution is 5.01. The zero-order chi connectivity index (χ0) is 9.59. The van der Waals surface area contributed by atoms with Crippen molar-refractivity contribution in [3.63, 3.8) is 0 Å². The summed E-state index contributed by atoms with van der Waals surface area (Å²) in [6, 6.07) is 1.63. The maximum Gasteiger partial charge on any atom is 0.0170 e. The summed E-state index contributed by atoms with van der Waals surface area (Å²) in [6.07, 6.45) is 1.48. The Morgan fingerprint density at radius 2 is 1.69 bits per heavy atom. The van der Waals surface area contributed by atoms with E-state index in [9.17, 15) is 0 Å². The normalized spacial score (nSPS) is 39.7. The van der Waals surface area contributed by atoms with Crippen LogP contribution in [0.25, 0.3) is 0 Å². The van der Waals surface area contributed by atoms with E-state index < -0.39 is 0 Å². The second kappa shape index (κ2) is 3.25. The van der Waals surface area contributed by atoms with Crippen molar-refractivity contribution in [3.05, 3.63) is 0 Å². The van der Waals surface area contributed by atoms with Crippen LogP contribution < -0.4 is 0 Å². The van der Waals surface area contributed by atoms with Gasteiger partial charge in [-0.25, -0.2) is 0 Å². The van der Waals surface area contributed by atoms with Crippen LogP contribution in [-0.2, 0) is 0 Å². The minimum atomic E-state index is 0.744. The number of nitrogens with zero attached hydrogens (tertiary/aromatic N) is 2. The molecule has 3 rings (SSSR count). The molecule has 0 aromatic heterocycles. The van der Waals surface area contributed by atoms with Crippen LogP contribution in [0.15, 0.2) is 0 Å². The monoisotopic (exact) mass is 182 g/mol. The molecule has 2 heteroatoms. The van der Waals surface area contributed by atoms with Crippen molar-refractivity contribution in [2.24, 2.45) is 11.8 Å². The fraction of sp³-hybridized carbons (Fsp3) is 1.00. The summed E-state index contributed by atoms with van der Waals surface area (Å²) >= 11 is 0. The maximum absolute atomic E-state index is 2.64. The van der Waals surface area contributed by atoms with E-state index in [0.717, 1.165) is 23.9 Å². The van der Waals surface area contributed by atoms with Gasteiger partial charge in [-0.1, -0.05) is 0 Å². The van der Waals surface area contributed by atoms with Gasteiger partial charge in [0, 0.05) is 25.2 Å². The molecule has 2 nitrogen and oxygen atoms in total. The summed E-state index contributed by atoms with van der Waals surface area (Å²) in [5.74, 6) is 1.91. The topological polar surface area (TPSA) is 6.48 Å². The predicted octanol–water partition coefficient (Wildman–Crippen LogP) is 1.28. The number of piperidine rings is 2. The van der Waals surface area contributed by atoms with E-state index in [2.05, 4.69) is 37.7 Å². The molecule has 2 heterocycles. The van der Waals surface area contributed by atoms with E-state index >= 15 is 0 Å². The lowest BCUT2D eigenvalue weighted by Crippen LogP contribution is -2.63. The Bertz CT molecular complexity index is 177. The molecule has 0 aromatic carbocycles. The number of hydrogen-bond donors (Lipinski definition) is 0. The minimum absolute atomic E-state index is 0.744. The first-order valence-electron chi connectivity index (χ1n) is 5.50. The highest BCUT2D eigenvalue weighted by Gasteiger charge is 2.47. The number of fused-ring (bicyclic) bond motifs is 2. The van der Waals surface area contributed by atoms with Crippen molar-refractivity contribution in [1.29, 1.82) is 0 Å². The Hall–Kier alpha value is -0.0800. The average molecular weight is 182 g/mol. The van der Waals surface area contributed by atoms with Gasteiger partial charge in [0.1, 0.15) is 0 Å². The molecule has 3 fully saturated rings. The third kappa shape index (κ3) is 1.50. The van der Waals surface area contributed by atoms with E-state index in [1.165, 1.54) is 19.5 Å². The smallest absolute Gasteiger partial charge is 0.0170 e. The molecule has 2 saturated heterocycles. The molecular formula is C11H22N2. The Morgan fingerprint density at radius 1 is 1.15 bits per heavy atom. The van der Waals surface area contributed by atoms with Gasteiger partial charge in [0.05, 0.1) is 0 Å². The molecule has 2 aliphatic heterocycles. The molecule has 2 unspecified atom stereocenters. The van der Waals surface area contributed by atoms with Gasteiger partial charge in [-0.2, -0.15) is 0 Å². The molecular weight excluding hydrogens is 160 g/mol. The van der Waals surface area contributed by atoms with Gasteiger partial charge in [-0.05, 0) is 46.2 Å². The molecule has 0 aromatic rings. The molecule has 13 heavy (non-hydrogen) atoms. The number of rotatable bonds is 2. The molecule has 0 radical (unpaired) electrons. The van der Waals surface area contributed by atoms with Crippen molar-refractivity contribution >= 4 is 0 Å². The molecule has 1 saturated carbocycles. The van der Waals surface area contributed by atoms with Crippen LogP contribution in [0.1, 0.15) is 20.3 Å². The zero-order valence-electron chi connectivity index (χ0n) is 9.33. The highest BCUT2D eigenvalue weighted by atomic mass is 15.2. The van der Waals surface area contributed by atoms with Crippen molar-refractivity contribution < 1.29 is 0 Å². The van der Waals surface area contributed by atoms with Gasteiger partial charge in [0.15, 0.2) is 0 Å². The maximum atomic E-state index is 2.64. The van der Waals surface area contributed by atoms with Crippen LogP contribution in [-0.4, -0.2) is 49.1 Å². The van der Waals surface area contributed by atoms with Crippen molar-refractivity contribution in [3.8, 4) is 0 Å². The van der Waals surface area contributed by atoms with Gasteiger partial charge in [-0.15, -0.1) is 0 Å². The fourth-order valence-corrected chi connectivity index (χ4v) is 3.16. The summed E-state index contributed by atoms with van der Waals surface area (Å²) in [4.78, 5) is 5.06. The lowest BCUT2D eigenvalue weighted by molar-refractivity contribution is -0.0685. The van der Waals surface area contributed by atoms with Gasteiger partial charge in [-0.3, -0.25) is 0 Å². The Labute approximate surface area is 81.9 Å². The van der Waals surface area contributed by atoms with E-state index in [1.807, 2.05) is 0 Å². The van der Waals surface area contributed by atoms with E-state index in [4.69, 9.17) is 0 Å². The van der Waals surface area contributed by atoms with E-state index in [1.54, 1.807) is 0 Å². The second-order valence-electron chi connectivity index (χ2n) is 5.26. The summed E-state index contributed by atoms with van der Waals surface area (Å²) in [7, 11) is 4.46. The van der Waals surface area contributed by atoms with Crippen LogP contribution in [0, 0.1) is 11.8 Å². The third-order valence-corrected chi connectivity index (χ3v) is 3.84. The lowest BCUT2D eigenvalue weighted by atomic mass is 9.65. The fourth-order valence-electron chi connectivity index (χ4n) is 3.16. The second-order valence-corrected chi connectivity index (χ2v) is 5.26. The minimum Gasteiger partial charge on any atom is -0.306 e. The first kappa shape index (κ1) is 9.47. The molecule has 0 spiro atoms. The highest BCUT2D eigenvalue weighted by Crippen LogP contribution is 2.42. The molecule has 0 amide bonds. The SMILES string of the molecule is CC(C)N1CC2CC(C1)C2N(C)C. The van der Waals surface area contributed by atoms with E-state index in [-0.39, 0.29) is 0 Å². The molecule has 2 atom stereocenters. The largest absolute Gasteiger partial charge is 0.306 e. The average Bonchev–Trinajstić information content (AvgIpc) is 2.03. The van der Waals surface area contributed by atoms with Crippen LogP contribution in [0.2, 0.25) is 0 Å². The Balaban J connectivity index is 1.94. The summed E-state index contributed by atoms with van der Waals surface area (Å²) in [5.41, 5.74) is 0. The van der Waals surface area contributed by atoms with E-state index in [0.29, 0.717) is 0 Å². The Morgan fingerprint density at radius 3 is 2.08 bits per heavy atom. The summed E-state index contributed by atoms with van der Waals surface area (Å²) in [5, 5.41) is 0. The van der Waals surface area contributed by atoms with Crippen molar-refractivity contribution in [2.75, 3.05) is 27.2 Å². The molecule has 1 aliphatic carbocycles. The molecule has 2 bridgehead atoms. The summed E-state index contributed by atoms with van der Waals surface area (Å²) < 4.78 is 0. The van der Waals surface area contributed by atoms with Crippen LogP contribution in [0.3, 0.4) is 0 Å². The van der Waals surface area contributed by atoms with Gasteiger partial charge >= 0.3 is 0 Å². The zero-order valence-corrected chi connectivity index (χ0v) is 9.33. The van der Waals surface area contributed by atoms with Crippen LogP contribution in [0.5, 0.6) is 0 Å². The molecule has 3 aliphatic rings. The van der Waals surface area contributed by atoms with Gasteiger partial charge in [0.2, 0.25) is 0 Å². The Kier molecular flexibility index (Phi) is 2.37. The third-order valence-electron chi connectivity index (χ3n) is 3.84. The lowest BCUT2D eigenvalue weighted by Gasteiger charge is -2.57. The van der Waals surface area contributed by atoms with Gasteiger partial charge < -0.3 is 9.80 Å². The first-order chi connectivity index (χ1) is 6.09. The van der Waals surface area contributed by atoms with Crippen LogP contribution in [0.4, 0.5) is 0 Å². The van der Waals surface area contributed by atoms with Gasteiger partial charge in [0.25, 0.3) is 0 Å².